The predicted octanol–water partition coefficient (Wildman–Crippen LogP) is 5.58. The van der Waals surface area contributed by atoms with Crippen LogP contribution in [0.3, 0.4) is 0 Å². The topological polar surface area (TPSA) is 70.4 Å². The molecule has 2 unspecified atom stereocenters. The van der Waals surface area contributed by atoms with Crippen LogP contribution in [0.15, 0.2) is 72.8 Å². The molecule has 4 N–H and O–H groups in total. The third kappa shape index (κ3) is 6.92. The van der Waals surface area contributed by atoms with Gasteiger partial charge in [-0.05, 0) is 65.3 Å². The van der Waals surface area contributed by atoms with E-state index in [0.717, 1.165) is 41.8 Å². The number of benzene rings is 3. The van der Waals surface area contributed by atoms with Gasteiger partial charge in [-0.1, -0.05) is 61.5 Å². The first-order valence-corrected chi connectivity index (χ1v) is 13.6. The van der Waals surface area contributed by atoms with Gasteiger partial charge in [0, 0.05) is 50.5 Å². The smallest absolute Gasteiger partial charge is 0.377 e. The summed E-state index contributed by atoms with van der Waals surface area (Å²) >= 11 is 0. The molecule has 0 saturated carbocycles. The molecule has 0 aromatic heterocycles. The SMILES string of the molecule is CCC1=CCc2c1cc(C(=O)NC(Cc1ccccc1)C(CN)NCc1cccc(C(F)(F)F)c1)cc2N(C)C. The molecular formula is C32H37F3N4O. The molecule has 8 heteroatoms. The van der Waals surface area contributed by atoms with Gasteiger partial charge in [-0.15, -0.1) is 0 Å². The third-order valence-corrected chi connectivity index (χ3v) is 7.43. The second-order valence-corrected chi connectivity index (χ2v) is 10.4. The summed E-state index contributed by atoms with van der Waals surface area (Å²) < 4.78 is 39.7. The van der Waals surface area contributed by atoms with Crippen LogP contribution in [0.25, 0.3) is 5.57 Å². The van der Waals surface area contributed by atoms with E-state index in [1.54, 1.807) is 6.07 Å². The Hall–Kier alpha value is -3.62. The van der Waals surface area contributed by atoms with Gasteiger partial charge in [0.1, 0.15) is 0 Å². The Morgan fingerprint density at radius 1 is 1.00 bits per heavy atom. The number of halogens is 3. The van der Waals surface area contributed by atoms with Crippen LogP contribution in [0.2, 0.25) is 0 Å². The number of nitrogens with zero attached hydrogens (tertiary/aromatic N) is 1. The first-order chi connectivity index (χ1) is 19.1. The molecule has 5 nitrogen and oxygen atoms in total. The number of hydrogen-bond donors (Lipinski definition) is 3. The van der Waals surface area contributed by atoms with Gasteiger partial charge in [-0.3, -0.25) is 4.79 Å². The monoisotopic (exact) mass is 550 g/mol. The molecule has 1 amide bonds. The maximum atomic E-state index is 13.7. The summed E-state index contributed by atoms with van der Waals surface area (Å²) in [6.45, 7) is 2.48. The van der Waals surface area contributed by atoms with Crippen LogP contribution in [-0.4, -0.2) is 38.6 Å². The van der Waals surface area contributed by atoms with Gasteiger partial charge in [0.15, 0.2) is 0 Å². The lowest BCUT2D eigenvalue weighted by molar-refractivity contribution is -0.137. The Morgan fingerprint density at radius 2 is 1.73 bits per heavy atom. The van der Waals surface area contributed by atoms with Gasteiger partial charge >= 0.3 is 6.18 Å². The van der Waals surface area contributed by atoms with E-state index in [-0.39, 0.29) is 25.0 Å². The van der Waals surface area contributed by atoms with E-state index in [9.17, 15) is 18.0 Å². The van der Waals surface area contributed by atoms with Crippen LogP contribution in [0.4, 0.5) is 18.9 Å². The van der Waals surface area contributed by atoms with E-state index < -0.39 is 17.8 Å². The second kappa shape index (κ2) is 12.7. The molecule has 40 heavy (non-hydrogen) atoms. The maximum Gasteiger partial charge on any atom is 0.416 e. The number of rotatable bonds is 11. The summed E-state index contributed by atoms with van der Waals surface area (Å²) in [6.07, 6.45) is 0.0477. The molecule has 0 saturated heterocycles. The third-order valence-electron chi connectivity index (χ3n) is 7.43. The van der Waals surface area contributed by atoms with Crippen molar-refractivity contribution in [3.8, 4) is 0 Å². The van der Waals surface area contributed by atoms with E-state index in [4.69, 9.17) is 5.73 Å². The molecule has 1 aliphatic rings. The van der Waals surface area contributed by atoms with Crippen molar-refractivity contribution >= 4 is 17.2 Å². The highest BCUT2D eigenvalue weighted by Crippen LogP contribution is 2.37. The van der Waals surface area contributed by atoms with Gasteiger partial charge in [-0.25, -0.2) is 0 Å². The fourth-order valence-electron chi connectivity index (χ4n) is 5.27. The summed E-state index contributed by atoms with van der Waals surface area (Å²) in [5.74, 6) is -0.214. The highest BCUT2D eigenvalue weighted by atomic mass is 19.4. The maximum absolute atomic E-state index is 13.7. The Labute approximate surface area is 234 Å². The number of fused-ring (bicyclic) bond motifs is 1. The molecule has 0 aliphatic heterocycles. The first kappa shape index (κ1) is 29.4. The zero-order chi connectivity index (χ0) is 28.9. The van der Waals surface area contributed by atoms with E-state index in [2.05, 4.69) is 23.6 Å². The quantitative estimate of drug-likeness (QED) is 0.292. The van der Waals surface area contributed by atoms with Gasteiger partial charge in [0.05, 0.1) is 5.56 Å². The minimum absolute atomic E-state index is 0.182. The summed E-state index contributed by atoms with van der Waals surface area (Å²) in [5, 5.41) is 6.50. The van der Waals surface area contributed by atoms with Gasteiger partial charge in [-0.2, -0.15) is 13.2 Å². The van der Waals surface area contributed by atoms with Crippen molar-refractivity contribution < 1.29 is 18.0 Å². The van der Waals surface area contributed by atoms with Crippen molar-refractivity contribution in [3.05, 3.63) is 106 Å². The molecule has 4 rings (SSSR count). The lowest BCUT2D eigenvalue weighted by Crippen LogP contribution is -2.54. The molecule has 212 valence electrons. The van der Waals surface area contributed by atoms with E-state index in [0.29, 0.717) is 17.5 Å². The Bertz CT molecular complexity index is 1350. The molecule has 0 bridgehead atoms. The van der Waals surface area contributed by atoms with Crippen molar-refractivity contribution in [2.45, 2.75) is 51.0 Å². The lowest BCUT2D eigenvalue weighted by atomic mass is 9.96. The largest absolute Gasteiger partial charge is 0.416 e. The molecule has 0 radical (unpaired) electrons. The van der Waals surface area contributed by atoms with Gasteiger partial charge in [0.25, 0.3) is 5.91 Å². The number of carbonyl (C=O) groups excluding carboxylic acids is 1. The number of alkyl halides is 3. The molecule has 2 atom stereocenters. The van der Waals surface area contributed by atoms with Crippen LogP contribution < -0.4 is 21.3 Å². The molecule has 0 heterocycles. The molecule has 3 aromatic rings. The second-order valence-electron chi connectivity index (χ2n) is 10.4. The number of hydrogen-bond acceptors (Lipinski definition) is 4. The van der Waals surface area contributed by atoms with Gasteiger partial charge < -0.3 is 21.3 Å². The lowest BCUT2D eigenvalue weighted by Gasteiger charge is -2.29. The normalized spacial score (nSPS) is 14.3. The minimum atomic E-state index is -4.42. The average Bonchev–Trinajstić information content (AvgIpc) is 3.36. The van der Waals surface area contributed by atoms with E-state index >= 15 is 0 Å². The number of allylic oxidation sites excluding steroid dienone is 2. The van der Waals surface area contributed by atoms with Crippen molar-refractivity contribution in [1.82, 2.24) is 10.6 Å². The van der Waals surface area contributed by atoms with E-state index in [1.165, 1.54) is 17.2 Å². The molecular weight excluding hydrogens is 513 g/mol. The summed E-state index contributed by atoms with van der Waals surface area (Å²) in [6, 6.07) is 18.1. The molecule has 0 spiro atoms. The van der Waals surface area contributed by atoms with Crippen LogP contribution in [0, 0.1) is 0 Å². The summed E-state index contributed by atoms with van der Waals surface area (Å²) in [4.78, 5) is 15.8. The van der Waals surface area contributed by atoms with Crippen LogP contribution in [0.5, 0.6) is 0 Å². The minimum Gasteiger partial charge on any atom is -0.377 e. The first-order valence-electron chi connectivity index (χ1n) is 13.6. The summed E-state index contributed by atoms with van der Waals surface area (Å²) in [7, 11) is 3.95. The van der Waals surface area contributed by atoms with Crippen molar-refractivity contribution in [2.75, 3.05) is 25.5 Å². The molecule has 1 aliphatic carbocycles. The zero-order valence-electron chi connectivity index (χ0n) is 23.2. The number of nitrogens with one attached hydrogen (secondary N) is 2. The number of amides is 1. The average molecular weight is 551 g/mol. The number of carbonyl (C=O) groups is 1. The number of anilines is 1. The highest BCUT2D eigenvalue weighted by molar-refractivity contribution is 5.97. The summed E-state index contributed by atoms with van der Waals surface area (Å²) in [5.41, 5.74) is 12.1. The predicted molar refractivity (Wildman–Crippen MR) is 155 cm³/mol. The van der Waals surface area contributed by atoms with Crippen LogP contribution in [-0.2, 0) is 25.6 Å². The Morgan fingerprint density at radius 3 is 2.38 bits per heavy atom. The van der Waals surface area contributed by atoms with Crippen molar-refractivity contribution in [3.63, 3.8) is 0 Å². The molecule has 0 fully saturated rings. The fourth-order valence-corrected chi connectivity index (χ4v) is 5.27. The van der Waals surface area contributed by atoms with Crippen LogP contribution >= 0.6 is 0 Å². The van der Waals surface area contributed by atoms with Crippen LogP contribution in [0.1, 0.15) is 51.5 Å². The van der Waals surface area contributed by atoms with Crippen molar-refractivity contribution in [1.29, 1.82) is 0 Å². The van der Waals surface area contributed by atoms with Crippen molar-refractivity contribution in [2.24, 2.45) is 5.73 Å². The number of nitrogens with two attached hydrogens (primary N) is 1. The molecule has 3 aromatic carbocycles. The highest BCUT2D eigenvalue weighted by Gasteiger charge is 2.31. The van der Waals surface area contributed by atoms with E-state index in [1.807, 2.05) is 61.5 Å². The van der Waals surface area contributed by atoms with Gasteiger partial charge in [0.2, 0.25) is 0 Å². The zero-order valence-corrected chi connectivity index (χ0v) is 23.2. The Balaban J connectivity index is 1.59. The fraction of sp³-hybridized carbons (Fsp3) is 0.344. The standard InChI is InChI=1S/C32H37F3N4O/c1-4-23-13-14-26-27(23)17-24(18-30(26)39(2)3)31(40)38-28(16-21-9-6-5-7-10-21)29(19-36)37-20-22-11-8-12-25(15-22)32(33,34)35/h5-13,15,17-18,28-29,37H,4,14,16,19-20,36H2,1-3H3,(H,38,40). The Kier molecular flexibility index (Phi) is 9.32.